The summed E-state index contributed by atoms with van der Waals surface area (Å²) in [5.74, 6) is -0.276. The summed E-state index contributed by atoms with van der Waals surface area (Å²) in [6, 6.07) is 15.4. The minimum Gasteiger partial charge on any atom is -0.479 e. The first kappa shape index (κ1) is 27.5. The highest BCUT2D eigenvalue weighted by molar-refractivity contribution is 6.31. The number of fused-ring (bicyclic) bond motifs is 1. The number of nitrogens with zero attached hydrogens (tertiary/aromatic N) is 1. The third-order valence-corrected chi connectivity index (χ3v) is 6.40. The summed E-state index contributed by atoms with van der Waals surface area (Å²) in [5.41, 5.74) is 1.58. The number of halogens is 5. The highest BCUT2D eigenvalue weighted by Crippen LogP contribution is 2.40. The summed E-state index contributed by atoms with van der Waals surface area (Å²) in [5, 5.41) is 10.8. The molecule has 0 aliphatic rings. The highest BCUT2D eigenvalue weighted by Gasteiger charge is 2.31. The Kier molecular flexibility index (Phi) is 7.99. The third kappa shape index (κ3) is 6.28. The van der Waals surface area contributed by atoms with Gasteiger partial charge in [-0.05, 0) is 73.5 Å². The second-order valence-electron chi connectivity index (χ2n) is 8.39. The second kappa shape index (κ2) is 11.0. The van der Waals surface area contributed by atoms with Gasteiger partial charge in [-0.2, -0.15) is 0 Å². The highest BCUT2D eigenvalue weighted by atomic mass is 35.5. The van der Waals surface area contributed by atoms with Crippen molar-refractivity contribution in [3.63, 3.8) is 0 Å². The number of carboxylic acid groups (broad SMARTS) is 1. The molecule has 4 aromatic rings. The number of alkyl halides is 3. The van der Waals surface area contributed by atoms with Gasteiger partial charge in [0, 0.05) is 28.0 Å². The Morgan fingerprint density at radius 3 is 2.29 bits per heavy atom. The lowest BCUT2D eigenvalue weighted by Crippen LogP contribution is -2.25. The average Bonchev–Trinajstić information content (AvgIpc) is 3.09. The Hall–Kier alpha value is -3.56. The lowest BCUT2D eigenvalue weighted by Gasteiger charge is -2.16. The van der Waals surface area contributed by atoms with E-state index in [9.17, 15) is 23.1 Å². The lowest BCUT2D eigenvalue weighted by atomic mass is 10.2. The van der Waals surface area contributed by atoms with Crippen LogP contribution in [0.3, 0.4) is 0 Å². The molecule has 4 rings (SSSR count). The SMILES string of the molecule is CCC(Oc1ccc(Cl)c(Cn2c(C)c(Oc3ccc(Cl)cc3)c3ccc(OC(F)(F)F)cc32)c1)C(=O)O. The fourth-order valence-electron chi connectivity index (χ4n) is 3.96. The number of hydrogen-bond acceptors (Lipinski definition) is 4. The number of aliphatic carboxylic acids is 1. The van der Waals surface area contributed by atoms with E-state index in [1.165, 1.54) is 18.2 Å². The van der Waals surface area contributed by atoms with Crippen LogP contribution in [0, 0.1) is 6.92 Å². The molecule has 3 aromatic carbocycles. The first-order valence-electron chi connectivity index (χ1n) is 11.4. The maximum Gasteiger partial charge on any atom is 0.573 e. The normalized spacial score (nSPS) is 12.4. The van der Waals surface area contributed by atoms with Gasteiger partial charge in [-0.15, -0.1) is 13.2 Å². The maximum atomic E-state index is 12.9. The van der Waals surface area contributed by atoms with Crippen LogP contribution in [0.1, 0.15) is 24.6 Å². The average molecular weight is 568 g/mol. The van der Waals surface area contributed by atoms with Crippen LogP contribution >= 0.6 is 23.2 Å². The van der Waals surface area contributed by atoms with Crippen LogP contribution < -0.4 is 14.2 Å². The molecule has 1 aromatic heterocycles. The topological polar surface area (TPSA) is 69.9 Å². The number of ether oxygens (including phenoxy) is 3. The molecule has 0 amide bonds. The molecule has 0 fully saturated rings. The molecule has 11 heteroatoms. The molecular weight excluding hydrogens is 546 g/mol. The Morgan fingerprint density at radius 1 is 1.00 bits per heavy atom. The minimum absolute atomic E-state index is 0.127. The number of hydrogen-bond donors (Lipinski definition) is 1. The van der Waals surface area contributed by atoms with E-state index < -0.39 is 24.2 Å². The monoisotopic (exact) mass is 567 g/mol. The van der Waals surface area contributed by atoms with Crippen molar-refractivity contribution in [2.75, 3.05) is 0 Å². The summed E-state index contributed by atoms with van der Waals surface area (Å²) in [6.45, 7) is 3.58. The van der Waals surface area contributed by atoms with Crippen molar-refractivity contribution in [2.24, 2.45) is 0 Å². The largest absolute Gasteiger partial charge is 0.573 e. The number of rotatable bonds is 9. The summed E-state index contributed by atoms with van der Waals surface area (Å²) < 4.78 is 56.4. The Balaban J connectivity index is 1.79. The van der Waals surface area contributed by atoms with E-state index in [0.717, 1.165) is 0 Å². The summed E-state index contributed by atoms with van der Waals surface area (Å²) in [4.78, 5) is 11.4. The van der Waals surface area contributed by atoms with Crippen molar-refractivity contribution in [3.05, 3.63) is 82.0 Å². The van der Waals surface area contributed by atoms with E-state index in [1.807, 2.05) is 0 Å². The van der Waals surface area contributed by atoms with Crippen LogP contribution in [-0.4, -0.2) is 28.1 Å². The second-order valence-corrected chi connectivity index (χ2v) is 9.23. The van der Waals surface area contributed by atoms with Crippen molar-refractivity contribution in [3.8, 4) is 23.0 Å². The van der Waals surface area contributed by atoms with E-state index in [2.05, 4.69) is 4.74 Å². The molecule has 0 bridgehead atoms. The zero-order chi connectivity index (χ0) is 27.6. The molecule has 38 heavy (non-hydrogen) atoms. The predicted molar refractivity (Wildman–Crippen MR) is 138 cm³/mol. The van der Waals surface area contributed by atoms with Crippen LogP contribution in [0.2, 0.25) is 10.0 Å². The summed E-state index contributed by atoms with van der Waals surface area (Å²) in [6.07, 6.45) is -5.65. The fourth-order valence-corrected chi connectivity index (χ4v) is 4.27. The molecule has 0 saturated carbocycles. The van der Waals surface area contributed by atoms with Gasteiger partial charge in [-0.3, -0.25) is 0 Å². The molecule has 200 valence electrons. The van der Waals surface area contributed by atoms with Gasteiger partial charge in [-0.1, -0.05) is 30.1 Å². The van der Waals surface area contributed by atoms with Gasteiger partial charge in [0.05, 0.1) is 11.2 Å². The Bertz CT molecular complexity index is 1470. The molecule has 0 spiro atoms. The molecule has 6 nitrogen and oxygen atoms in total. The first-order valence-corrected chi connectivity index (χ1v) is 12.2. The standard InChI is InChI=1S/C27H22Cl2F3NO5/c1-3-24(26(34)35)36-19-9-11-22(29)16(12-19)14-33-15(2)25(37-18-6-4-17(28)5-7-18)21-10-8-20(13-23(21)33)38-27(30,31)32/h4-13,24H,3,14H2,1-2H3,(H,34,35). The van der Waals surface area contributed by atoms with E-state index in [4.69, 9.17) is 32.7 Å². The molecule has 1 unspecified atom stereocenters. The molecule has 0 aliphatic heterocycles. The zero-order valence-electron chi connectivity index (χ0n) is 20.2. The molecule has 1 atom stereocenters. The van der Waals surface area contributed by atoms with Gasteiger partial charge >= 0.3 is 12.3 Å². The molecule has 1 N–H and O–H groups in total. The predicted octanol–water partition coefficient (Wildman–Crippen LogP) is 8.24. The van der Waals surface area contributed by atoms with Crippen LogP contribution in [0.15, 0.2) is 60.7 Å². The van der Waals surface area contributed by atoms with Crippen LogP contribution in [-0.2, 0) is 11.3 Å². The van der Waals surface area contributed by atoms with Crippen LogP contribution in [0.5, 0.6) is 23.0 Å². The minimum atomic E-state index is -4.86. The number of benzene rings is 3. The smallest absolute Gasteiger partial charge is 0.479 e. The summed E-state index contributed by atoms with van der Waals surface area (Å²) in [7, 11) is 0. The number of carboxylic acids is 1. The van der Waals surface area contributed by atoms with Gasteiger partial charge in [0.2, 0.25) is 0 Å². The third-order valence-electron chi connectivity index (χ3n) is 5.78. The lowest BCUT2D eigenvalue weighted by molar-refractivity contribution is -0.274. The summed E-state index contributed by atoms with van der Waals surface area (Å²) >= 11 is 12.4. The zero-order valence-corrected chi connectivity index (χ0v) is 21.7. The van der Waals surface area contributed by atoms with Crippen molar-refractivity contribution in [1.82, 2.24) is 4.57 Å². The fraction of sp³-hybridized carbons (Fsp3) is 0.222. The van der Waals surface area contributed by atoms with Crippen LogP contribution in [0.4, 0.5) is 13.2 Å². The van der Waals surface area contributed by atoms with Crippen molar-refractivity contribution in [1.29, 1.82) is 0 Å². The molecule has 0 radical (unpaired) electrons. The number of carbonyl (C=O) groups is 1. The maximum absolute atomic E-state index is 12.9. The Morgan fingerprint density at radius 2 is 1.66 bits per heavy atom. The molecule has 0 aliphatic carbocycles. The first-order chi connectivity index (χ1) is 17.9. The Labute approximate surface area is 226 Å². The quantitative estimate of drug-likeness (QED) is 0.220. The molecule has 0 saturated heterocycles. The van der Waals surface area contributed by atoms with Gasteiger partial charge in [0.25, 0.3) is 0 Å². The van der Waals surface area contributed by atoms with Gasteiger partial charge in [0.1, 0.15) is 17.2 Å². The molecular formula is C27H22Cl2F3NO5. The number of aromatic nitrogens is 1. The van der Waals surface area contributed by atoms with Gasteiger partial charge < -0.3 is 23.9 Å². The van der Waals surface area contributed by atoms with Crippen LogP contribution in [0.25, 0.3) is 10.9 Å². The van der Waals surface area contributed by atoms with Crippen molar-refractivity contribution >= 4 is 40.1 Å². The van der Waals surface area contributed by atoms with Crippen molar-refractivity contribution < 1.29 is 37.3 Å². The van der Waals surface area contributed by atoms with E-state index in [-0.39, 0.29) is 13.0 Å². The van der Waals surface area contributed by atoms with Gasteiger partial charge in [0.15, 0.2) is 11.9 Å². The van der Waals surface area contributed by atoms with E-state index in [0.29, 0.717) is 49.5 Å². The van der Waals surface area contributed by atoms with E-state index >= 15 is 0 Å². The van der Waals surface area contributed by atoms with Gasteiger partial charge in [-0.25, -0.2) is 4.79 Å². The van der Waals surface area contributed by atoms with Crippen molar-refractivity contribution in [2.45, 2.75) is 39.3 Å². The molecule has 1 heterocycles. The van der Waals surface area contributed by atoms with E-state index in [1.54, 1.807) is 60.9 Å².